The summed E-state index contributed by atoms with van der Waals surface area (Å²) >= 11 is 0. The Morgan fingerprint density at radius 2 is 2.11 bits per heavy atom. The average molecular weight is 273 g/mol. The minimum absolute atomic E-state index is 0.0390. The van der Waals surface area contributed by atoms with Crippen molar-refractivity contribution in [2.75, 3.05) is 13.2 Å². The molecule has 0 saturated carbocycles. The summed E-state index contributed by atoms with van der Waals surface area (Å²) in [5, 5.41) is 11.3. The summed E-state index contributed by atoms with van der Waals surface area (Å²) in [4.78, 5) is 11.7. The fraction of sp³-hybridized carbons (Fsp3) is 0.462. The molecule has 6 heteroatoms. The van der Waals surface area contributed by atoms with Gasteiger partial charge in [0.15, 0.2) is 0 Å². The van der Waals surface area contributed by atoms with Gasteiger partial charge in [-0.15, -0.1) is 0 Å². The Hall–Kier alpha value is -1.69. The number of ether oxygens (including phenoxy) is 1. The number of amides is 1. The number of carbonyl (C=O) groups is 1. The minimum atomic E-state index is -2.91. The third-order valence-electron chi connectivity index (χ3n) is 2.44. The van der Waals surface area contributed by atoms with Gasteiger partial charge in [-0.2, -0.15) is 8.78 Å². The third kappa shape index (κ3) is 6.15. The molecule has 0 aliphatic heterocycles. The predicted molar refractivity (Wildman–Crippen MR) is 66.3 cm³/mol. The number of hydrogen-bond acceptors (Lipinski definition) is 3. The van der Waals surface area contributed by atoms with Gasteiger partial charge in [0.1, 0.15) is 5.75 Å². The van der Waals surface area contributed by atoms with Crippen LogP contribution in [0.5, 0.6) is 5.75 Å². The Morgan fingerprint density at radius 3 is 2.79 bits per heavy atom. The fourth-order valence-corrected chi connectivity index (χ4v) is 1.53. The molecule has 0 fully saturated rings. The van der Waals surface area contributed by atoms with Crippen LogP contribution in [0.25, 0.3) is 0 Å². The molecule has 0 atom stereocenters. The van der Waals surface area contributed by atoms with Crippen LogP contribution < -0.4 is 10.1 Å². The van der Waals surface area contributed by atoms with Crippen molar-refractivity contribution >= 4 is 5.91 Å². The summed E-state index contributed by atoms with van der Waals surface area (Å²) in [5.74, 6) is -0.369. The van der Waals surface area contributed by atoms with Crippen molar-refractivity contribution in [1.82, 2.24) is 5.32 Å². The molecule has 19 heavy (non-hydrogen) atoms. The summed E-state index contributed by atoms with van der Waals surface area (Å²) < 4.78 is 28.3. The van der Waals surface area contributed by atoms with Crippen LogP contribution in [-0.4, -0.2) is 30.8 Å². The number of halogens is 2. The van der Waals surface area contributed by atoms with Crippen molar-refractivity contribution in [3.63, 3.8) is 0 Å². The number of rotatable bonds is 8. The molecule has 1 amide bonds. The zero-order valence-corrected chi connectivity index (χ0v) is 10.4. The quantitative estimate of drug-likeness (QED) is 0.714. The molecule has 0 spiro atoms. The lowest BCUT2D eigenvalue weighted by molar-refractivity contribution is -0.0498. The highest BCUT2D eigenvalue weighted by Crippen LogP contribution is 2.15. The van der Waals surface area contributed by atoms with E-state index in [1.165, 1.54) is 24.3 Å². The van der Waals surface area contributed by atoms with Crippen LogP contribution in [0, 0.1) is 0 Å². The van der Waals surface area contributed by atoms with E-state index in [9.17, 15) is 13.6 Å². The monoisotopic (exact) mass is 273 g/mol. The van der Waals surface area contributed by atoms with Gasteiger partial charge in [-0.05, 0) is 37.5 Å². The maximum Gasteiger partial charge on any atom is 0.387 e. The van der Waals surface area contributed by atoms with Gasteiger partial charge in [-0.1, -0.05) is 6.07 Å². The number of unbranched alkanes of at least 4 members (excludes halogenated alkanes) is 2. The zero-order chi connectivity index (χ0) is 14.1. The van der Waals surface area contributed by atoms with Crippen molar-refractivity contribution in [3.8, 4) is 5.75 Å². The first-order valence-corrected chi connectivity index (χ1v) is 6.07. The van der Waals surface area contributed by atoms with Gasteiger partial charge in [0.25, 0.3) is 5.91 Å². The van der Waals surface area contributed by atoms with Crippen LogP contribution >= 0.6 is 0 Å². The van der Waals surface area contributed by atoms with Crippen LogP contribution in [0.2, 0.25) is 0 Å². The average Bonchev–Trinajstić information content (AvgIpc) is 2.38. The van der Waals surface area contributed by atoms with Gasteiger partial charge in [-0.25, -0.2) is 0 Å². The lowest BCUT2D eigenvalue weighted by Crippen LogP contribution is -2.24. The molecule has 0 aliphatic rings. The van der Waals surface area contributed by atoms with E-state index in [0.717, 1.165) is 12.8 Å². The lowest BCUT2D eigenvalue weighted by atomic mass is 10.2. The Balaban J connectivity index is 2.43. The first-order chi connectivity index (χ1) is 9.13. The molecule has 0 unspecified atom stereocenters. The molecule has 0 heterocycles. The van der Waals surface area contributed by atoms with Gasteiger partial charge in [0.2, 0.25) is 0 Å². The van der Waals surface area contributed by atoms with Crippen LogP contribution in [0.1, 0.15) is 29.6 Å². The molecule has 106 valence electrons. The Kier molecular flexibility index (Phi) is 6.81. The molecule has 0 aromatic heterocycles. The highest BCUT2D eigenvalue weighted by atomic mass is 19.3. The van der Waals surface area contributed by atoms with Crippen LogP contribution in [0.15, 0.2) is 24.3 Å². The second kappa shape index (κ2) is 8.42. The van der Waals surface area contributed by atoms with Crippen LogP contribution in [0.3, 0.4) is 0 Å². The van der Waals surface area contributed by atoms with E-state index in [2.05, 4.69) is 10.1 Å². The Bertz CT molecular complexity index is 399. The molecular weight excluding hydrogens is 256 g/mol. The summed E-state index contributed by atoms with van der Waals surface area (Å²) in [6.45, 7) is -2.28. The number of hydrogen-bond donors (Lipinski definition) is 2. The lowest BCUT2D eigenvalue weighted by Gasteiger charge is -2.07. The van der Waals surface area contributed by atoms with E-state index < -0.39 is 6.61 Å². The van der Waals surface area contributed by atoms with Crippen LogP contribution in [-0.2, 0) is 0 Å². The molecule has 1 aromatic carbocycles. The summed E-state index contributed by atoms with van der Waals surface area (Å²) in [5.41, 5.74) is 0.278. The molecule has 2 N–H and O–H groups in total. The third-order valence-corrected chi connectivity index (χ3v) is 2.44. The maximum atomic E-state index is 12.0. The highest BCUT2D eigenvalue weighted by molar-refractivity contribution is 5.94. The standard InChI is InChI=1S/C13H17F2NO3/c14-13(15)19-11-6-4-5-10(9-11)12(18)16-7-2-1-3-8-17/h4-6,9,13,17H,1-3,7-8H2,(H,16,18). The van der Waals surface area contributed by atoms with E-state index in [1.54, 1.807) is 0 Å². The van der Waals surface area contributed by atoms with Gasteiger partial charge >= 0.3 is 6.61 Å². The maximum absolute atomic E-state index is 12.0. The second-order valence-electron chi connectivity index (χ2n) is 3.95. The molecule has 1 rings (SSSR count). The molecule has 0 radical (unpaired) electrons. The number of alkyl halides is 2. The summed E-state index contributed by atoms with van der Waals surface area (Å²) in [7, 11) is 0. The first-order valence-electron chi connectivity index (χ1n) is 6.07. The van der Waals surface area contributed by atoms with Crippen LogP contribution in [0.4, 0.5) is 8.78 Å². The molecule has 4 nitrogen and oxygen atoms in total. The van der Waals surface area contributed by atoms with Gasteiger partial charge in [0.05, 0.1) is 0 Å². The summed E-state index contributed by atoms with van der Waals surface area (Å²) in [6.07, 6.45) is 2.29. The van der Waals surface area contributed by atoms with Crippen molar-refractivity contribution < 1.29 is 23.4 Å². The normalized spacial score (nSPS) is 10.5. The topological polar surface area (TPSA) is 58.6 Å². The first kappa shape index (κ1) is 15.4. The molecular formula is C13H17F2NO3. The summed E-state index contributed by atoms with van der Waals surface area (Å²) in [6, 6.07) is 5.65. The Morgan fingerprint density at radius 1 is 1.32 bits per heavy atom. The number of aliphatic hydroxyl groups excluding tert-OH is 1. The van der Waals surface area contributed by atoms with E-state index in [-0.39, 0.29) is 23.8 Å². The Labute approximate surface area is 110 Å². The highest BCUT2D eigenvalue weighted by Gasteiger charge is 2.08. The van der Waals surface area contributed by atoms with Gasteiger partial charge in [0, 0.05) is 18.7 Å². The van der Waals surface area contributed by atoms with E-state index in [4.69, 9.17) is 5.11 Å². The fourth-order valence-electron chi connectivity index (χ4n) is 1.53. The van der Waals surface area contributed by atoms with E-state index in [0.29, 0.717) is 13.0 Å². The van der Waals surface area contributed by atoms with Crippen molar-refractivity contribution in [1.29, 1.82) is 0 Å². The number of benzene rings is 1. The molecule has 0 bridgehead atoms. The van der Waals surface area contributed by atoms with Crippen molar-refractivity contribution in [2.45, 2.75) is 25.9 Å². The van der Waals surface area contributed by atoms with Crippen molar-refractivity contribution in [2.24, 2.45) is 0 Å². The molecule has 0 saturated heterocycles. The SMILES string of the molecule is O=C(NCCCCCO)c1cccc(OC(F)F)c1. The van der Waals surface area contributed by atoms with Gasteiger partial charge < -0.3 is 15.2 Å². The number of aliphatic hydroxyl groups is 1. The second-order valence-corrected chi connectivity index (χ2v) is 3.95. The number of carbonyl (C=O) groups excluding carboxylic acids is 1. The zero-order valence-electron chi connectivity index (χ0n) is 10.4. The van der Waals surface area contributed by atoms with Gasteiger partial charge in [-0.3, -0.25) is 4.79 Å². The molecule has 0 aliphatic carbocycles. The van der Waals surface area contributed by atoms with E-state index in [1.807, 2.05) is 0 Å². The largest absolute Gasteiger partial charge is 0.435 e. The minimum Gasteiger partial charge on any atom is -0.435 e. The molecule has 1 aromatic rings. The van der Waals surface area contributed by atoms with Crippen molar-refractivity contribution in [3.05, 3.63) is 29.8 Å². The van der Waals surface area contributed by atoms with E-state index >= 15 is 0 Å². The number of nitrogens with one attached hydrogen (secondary N) is 1. The smallest absolute Gasteiger partial charge is 0.387 e. The predicted octanol–water partition coefficient (Wildman–Crippen LogP) is 2.18.